The number of aliphatic hydroxyl groups is 5. The number of halogens is 1. The van der Waals surface area contributed by atoms with E-state index in [9.17, 15) is 33.6 Å². The van der Waals surface area contributed by atoms with Crippen LogP contribution in [-0.4, -0.2) is 137 Å². The number of hydrogen-bond acceptors (Lipinski definition) is 12. The highest BCUT2D eigenvalue weighted by molar-refractivity contribution is 7.89. The van der Waals surface area contributed by atoms with E-state index >= 15 is 0 Å². The molecular formula is C38H50ClN5O10S. The summed E-state index contributed by atoms with van der Waals surface area (Å²) in [7, 11) is -3.81. The van der Waals surface area contributed by atoms with Crippen LogP contribution < -0.4 is 15.4 Å². The second-order valence-corrected chi connectivity index (χ2v) is 16.7. The van der Waals surface area contributed by atoms with Gasteiger partial charge in [-0.05, 0) is 80.1 Å². The van der Waals surface area contributed by atoms with Gasteiger partial charge in [0.2, 0.25) is 10.0 Å². The van der Waals surface area contributed by atoms with Gasteiger partial charge in [-0.2, -0.15) is 4.31 Å². The Hall–Kier alpha value is -3.42. The Bertz CT molecular complexity index is 1870. The number of urea groups is 1. The third-order valence-electron chi connectivity index (χ3n) is 10.2. The molecule has 2 aromatic carbocycles. The van der Waals surface area contributed by atoms with Gasteiger partial charge in [0.05, 0.1) is 35.9 Å². The zero-order valence-corrected chi connectivity index (χ0v) is 32.0. The topological polar surface area (TPSA) is 214 Å². The van der Waals surface area contributed by atoms with Gasteiger partial charge in [-0.1, -0.05) is 29.8 Å². The predicted molar refractivity (Wildman–Crippen MR) is 203 cm³/mol. The smallest absolute Gasteiger partial charge is 0.314 e. The highest BCUT2D eigenvalue weighted by atomic mass is 35.5. The van der Waals surface area contributed by atoms with Crippen LogP contribution in [0.15, 0.2) is 65.8 Å². The number of aliphatic hydroxyl groups excluding tert-OH is 5. The van der Waals surface area contributed by atoms with Crippen molar-refractivity contribution in [3.8, 4) is 16.9 Å². The fourth-order valence-corrected chi connectivity index (χ4v) is 8.23. The van der Waals surface area contributed by atoms with E-state index in [0.29, 0.717) is 56.3 Å². The number of amides is 2. The normalized spacial score (nSPS) is 19.6. The lowest BCUT2D eigenvalue weighted by Crippen LogP contribution is -2.51. The van der Waals surface area contributed by atoms with Gasteiger partial charge in [0.1, 0.15) is 24.1 Å². The molecule has 1 saturated heterocycles. The number of hydrogen-bond donors (Lipinski definition) is 7. The van der Waals surface area contributed by atoms with Gasteiger partial charge in [0.15, 0.2) is 0 Å². The number of carbonyl (C=O) groups is 1. The molecule has 300 valence electrons. The first kappa shape index (κ1) is 41.2. The maximum absolute atomic E-state index is 13.8. The Balaban J connectivity index is 0.977. The first-order valence-corrected chi connectivity index (χ1v) is 20.4. The number of aromatic nitrogens is 1. The van der Waals surface area contributed by atoms with Crippen LogP contribution >= 0.6 is 11.6 Å². The van der Waals surface area contributed by atoms with Crippen LogP contribution in [0.5, 0.6) is 5.75 Å². The summed E-state index contributed by atoms with van der Waals surface area (Å²) in [5, 5.41) is 53.2. The second kappa shape index (κ2) is 18.2. The molecule has 2 saturated carbocycles. The van der Waals surface area contributed by atoms with Crippen LogP contribution in [0.1, 0.15) is 43.2 Å². The summed E-state index contributed by atoms with van der Waals surface area (Å²) < 4.78 is 41.8. The zero-order valence-electron chi connectivity index (χ0n) is 30.5. The maximum Gasteiger partial charge on any atom is 0.314 e. The predicted octanol–water partition coefficient (Wildman–Crippen LogP) is 1.58. The van der Waals surface area contributed by atoms with Crippen molar-refractivity contribution >= 4 is 27.7 Å². The number of ether oxygens (including phenoxy) is 2. The van der Waals surface area contributed by atoms with Crippen molar-refractivity contribution in [1.29, 1.82) is 0 Å². The lowest BCUT2D eigenvalue weighted by molar-refractivity contribution is -0.113. The summed E-state index contributed by atoms with van der Waals surface area (Å²) in [6, 6.07) is 14.1. The molecule has 4 unspecified atom stereocenters. The van der Waals surface area contributed by atoms with Gasteiger partial charge >= 0.3 is 6.03 Å². The fraction of sp³-hybridized carbons (Fsp3) is 0.526. The average molecular weight is 804 g/mol. The summed E-state index contributed by atoms with van der Waals surface area (Å²) in [5.74, 6) is 0.835. The summed E-state index contributed by atoms with van der Waals surface area (Å²) in [5.41, 5.74) is 2.95. The number of nitrogens with zero attached hydrogens (tertiary/aromatic N) is 3. The number of benzene rings is 2. The van der Waals surface area contributed by atoms with E-state index in [4.69, 9.17) is 26.2 Å². The first-order valence-electron chi connectivity index (χ1n) is 18.6. The minimum Gasteiger partial charge on any atom is -0.490 e. The molecule has 0 spiro atoms. The highest BCUT2D eigenvalue weighted by Gasteiger charge is 2.48. The number of para-hydroxylation sites is 1. The number of nitrogens with one attached hydrogen (secondary N) is 2. The third kappa shape index (κ3) is 10.3. The van der Waals surface area contributed by atoms with E-state index in [1.807, 2.05) is 36.5 Å². The van der Waals surface area contributed by atoms with Crippen molar-refractivity contribution in [2.45, 2.75) is 79.7 Å². The van der Waals surface area contributed by atoms with Crippen molar-refractivity contribution < 1.29 is 48.2 Å². The largest absolute Gasteiger partial charge is 0.490 e. The van der Waals surface area contributed by atoms with Crippen LogP contribution in [-0.2, 0) is 27.0 Å². The molecule has 17 heteroatoms. The monoisotopic (exact) mass is 803 g/mol. The molecule has 1 aliphatic heterocycles. The fourth-order valence-electron chi connectivity index (χ4n) is 6.58. The SMILES string of the molecule is O=C(NCCCN1CCN(S(=O)(=O)c2ccc(Cl)c(COC3(c4cnccc4-c4ccccc4OC4CC4)CC3)c2)CC1)NCC(O)C(O)C(O)C(O)CO. The van der Waals surface area contributed by atoms with Gasteiger partial charge < -0.3 is 50.5 Å². The van der Waals surface area contributed by atoms with Gasteiger partial charge in [0, 0.05) is 67.8 Å². The first-order chi connectivity index (χ1) is 26.4. The van der Waals surface area contributed by atoms with E-state index in [1.54, 1.807) is 18.3 Å². The van der Waals surface area contributed by atoms with E-state index in [-0.39, 0.29) is 24.2 Å². The Morgan fingerprint density at radius 2 is 1.69 bits per heavy atom. The van der Waals surface area contributed by atoms with Crippen LogP contribution in [0.2, 0.25) is 5.02 Å². The molecule has 15 nitrogen and oxygen atoms in total. The molecule has 2 aliphatic carbocycles. The summed E-state index contributed by atoms with van der Waals surface area (Å²) >= 11 is 6.60. The second-order valence-electron chi connectivity index (χ2n) is 14.3. The van der Waals surface area contributed by atoms with E-state index in [1.165, 1.54) is 10.4 Å². The molecule has 3 aliphatic rings. The lowest BCUT2D eigenvalue weighted by Gasteiger charge is -2.34. The van der Waals surface area contributed by atoms with Crippen molar-refractivity contribution in [3.63, 3.8) is 0 Å². The van der Waals surface area contributed by atoms with Crippen molar-refractivity contribution in [2.75, 3.05) is 52.4 Å². The number of sulfonamides is 1. The number of piperazine rings is 1. The Morgan fingerprint density at radius 1 is 0.964 bits per heavy atom. The molecule has 2 amide bonds. The lowest BCUT2D eigenvalue weighted by atomic mass is 9.96. The maximum atomic E-state index is 13.8. The van der Waals surface area contributed by atoms with Gasteiger partial charge in [-0.3, -0.25) is 4.98 Å². The molecular weight excluding hydrogens is 754 g/mol. The van der Waals surface area contributed by atoms with E-state index < -0.39 is 52.7 Å². The van der Waals surface area contributed by atoms with Crippen LogP contribution in [0, 0.1) is 0 Å². The van der Waals surface area contributed by atoms with Crippen LogP contribution in [0.3, 0.4) is 0 Å². The number of carbonyl (C=O) groups excluding carboxylic acids is 1. The van der Waals surface area contributed by atoms with Crippen LogP contribution in [0.4, 0.5) is 4.79 Å². The Labute approximate surface area is 325 Å². The minimum atomic E-state index is -3.81. The highest BCUT2D eigenvalue weighted by Crippen LogP contribution is 2.53. The molecule has 1 aromatic heterocycles. The number of rotatable bonds is 19. The van der Waals surface area contributed by atoms with Crippen molar-refractivity contribution in [3.05, 3.63) is 77.1 Å². The van der Waals surface area contributed by atoms with E-state index in [0.717, 1.165) is 48.1 Å². The molecule has 0 bridgehead atoms. The van der Waals surface area contributed by atoms with Crippen LogP contribution in [0.25, 0.3) is 11.1 Å². The minimum absolute atomic E-state index is 0.122. The van der Waals surface area contributed by atoms with Gasteiger partial charge in [-0.25, -0.2) is 13.2 Å². The molecule has 0 radical (unpaired) electrons. The average Bonchev–Trinajstić information content (AvgIpc) is 4.15. The molecule has 7 N–H and O–H groups in total. The molecule has 3 fully saturated rings. The number of pyridine rings is 1. The molecule has 4 atom stereocenters. The van der Waals surface area contributed by atoms with Crippen molar-refractivity contribution in [1.82, 2.24) is 24.8 Å². The molecule has 6 rings (SSSR count). The summed E-state index contributed by atoms with van der Waals surface area (Å²) in [6.07, 6.45) is 1.38. The van der Waals surface area contributed by atoms with Gasteiger partial charge in [-0.15, -0.1) is 0 Å². The third-order valence-corrected chi connectivity index (χ3v) is 12.5. The molecule has 2 heterocycles. The standard InChI is InChI=1S/C38H50ClN5O10S/c39-31-9-8-27(20-25(31)24-53-38(11-12-38)30-21-40-14-10-28(30)29-4-1-2-5-34(29)54-26-6-7-26)55(51,52)44-18-16-43(17-19-44)15-3-13-41-37(50)42-22-32(46)35(48)36(49)33(47)23-45/h1-2,4-5,8-10,14,20-21,26,32-33,35-36,45-49H,3,6-7,11-13,15-19,22-24H2,(H2,41,42,50). The summed E-state index contributed by atoms with van der Waals surface area (Å²) in [6.45, 7) is 1.45. The van der Waals surface area contributed by atoms with Gasteiger partial charge in [0.25, 0.3) is 0 Å². The molecule has 55 heavy (non-hydrogen) atoms. The quantitative estimate of drug-likeness (QED) is 0.0861. The summed E-state index contributed by atoms with van der Waals surface area (Å²) in [4.78, 5) is 18.8. The van der Waals surface area contributed by atoms with Crippen molar-refractivity contribution in [2.24, 2.45) is 0 Å². The molecule has 3 aromatic rings. The Morgan fingerprint density at radius 3 is 2.40 bits per heavy atom. The van der Waals surface area contributed by atoms with E-state index in [2.05, 4.69) is 20.5 Å². The zero-order chi connectivity index (χ0) is 39.2. The Kier molecular flexibility index (Phi) is 13.7.